The lowest BCUT2D eigenvalue weighted by Crippen LogP contribution is -2.25. The molecule has 2 aromatic rings. The number of hydrogen-bond acceptors (Lipinski definition) is 5. The summed E-state index contributed by atoms with van der Waals surface area (Å²) in [5.74, 6) is 0.944. The Bertz CT molecular complexity index is 948. The molecule has 4 rings (SSSR count). The van der Waals surface area contributed by atoms with Gasteiger partial charge in [-0.1, -0.05) is 6.92 Å². The molecule has 1 atom stereocenters. The van der Waals surface area contributed by atoms with Crippen molar-refractivity contribution in [1.29, 1.82) is 0 Å². The van der Waals surface area contributed by atoms with Crippen molar-refractivity contribution in [3.63, 3.8) is 0 Å². The minimum absolute atomic E-state index is 0.0268. The Balaban J connectivity index is 1.47. The zero-order valence-electron chi connectivity index (χ0n) is 15.3. The number of nitrogens with zero attached hydrogens (tertiary/aromatic N) is 1. The highest BCUT2D eigenvalue weighted by Crippen LogP contribution is 2.32. The second-order valence-corrected chi connectivity index (χ2v) is 8.23. The largest absolute Gasteiger partial charge is 0.482 e. The Labute approximate surface area is 161 Å². The number of amides is 2. The van der Waals surface area contributed by atoms with Gasteiger partial charge in [0.15, 0.2) is 6.61 Å². The van der Waals surface area contributed by atoms with E-state index in [1.807, 2.05) is 19.1 Å². The topological polar surface area (TPSA) is 79.8 Å². The molecule has 2 aliphatic rings. The Hall–Kier alpha value is -2.67. The van der Waals surface area contributed by atoms with Crippen molar-refractivity contribution < 1.29 is 14.3 Å². The Morgan fingerprint density at radius 1 is 1.37 bits per heavy atom. The predicted molar refractivity (Wildman–Crippen MR) is 106 cm³/mol. The molecule has 1 aromatic carbocycles. The SMILES string of the molecule is C/C(=N/NC(=O)c1cc2c(s1)CC[C@@H](C)C2)c1ccc2c(c1)NC(=O)CO2. The first-order chi connectivity index (χ1) is 13.0. The summed E-state index contributed by atoms with van der Waals surface area (Å²) in [6.07, 6.45) is 3.29. The van der Waals surface area contributed by atoms with Gasteiger partial charge in [-0.25, -0.2) is 5.43 Å². The summed E-state index contributed by atoms with van der Waals surface area (Å²) in [4.78, 5) is 26.0. The molecule has 1 aliphatic carbocycles. The number of nitrogens with one attached hydrogen (secondary N) is 2. The third kappa shape index (κ3) is 3.73. The van der Waals surface area contributed by atoms with E-state index in [1.54, 1.807) is 23.5 Å². The van der Waals surface area contributed by atoms with E-state index in [0.29, 0.717) is 27.9 Å². The van der Waals surface area contributed by atoms with Gasteiger partial charge in [0.05, 0.1) is 16.3 Å². The van der Waals surface area contributed by atoms with Gasteiger partial charge >= 0.3 is 0 Å². The fraction of sp³-hybridized carbons (Fsp3) is 0.350. The summed E-state index contributed by atoms with van der Waals surface area (Å²) in [6, 6.07) is 7.44. The smallest absolute Gasteiger partial charge is 0.281 e. The molecule has 0 spiro atoms. The van der Waals surface area contributed by atoms with Crippen LogP contribution in [0.3, 0.4) is 0 Å². The van der Waals surface area contributed by atoms with Crippen LogP contribution in [-0.4, -0.2) is 24.1 Å². The van der Waals surface area contributed by atoms with E-state index in [2.05, 4.69) is 22.8 Å². The van der Waals surface area contributed by atoms with E-state index >= 15 is 0 Å². The number of rotatable bonds is 3. The van der Waals surface area contributed by atoms with E-state index in [-0.39, 0.29) is 18.4 Å². The van der Waals surface area contributed by atoms with E-state index in [0.717, 1.165) is 18.4 Å². The number of fused-ring (bicyclic) bond motifs is 2. The number of thiophene rings is 1. The third-order valence-electron chi connectivity index (χ3n) is 4.91. The summed E-state index contributed by atoms with van der Waals surface area (Å²) in [5.41, 5.74) is 6.02. The molecule has 2 N–H and O–H groups in total. The number of hydrogen-bond donors (Lipinski definition) is 2. The standard InChI is InChI=1S/C20H21N3O3S/c1-11-3-6-17-14(7-11)9-18(27-17)20(25)23-22-12(2)13-4-5-16-15(8-13)21-19(24)10-26-16/h4-5,8-9,11H,3,6-7,10H2,1-2H3,(H,21,24)(H,23,25)/b22-12-/t11-/m1/s1. The molecule has 7 heteroatoms. The molecule has 2 amide bonds. The monoisotopic (exact) mass is 383 g/mol. The Morgan fingerprint density at radius 3 is 3.07 bits per heavy atom. The number of benzene rings is 1. The quantitative estimate of drug-likeness (QED) is 0.630. The van der Waals surface area contributed by atoms with Gasteiger partial charge in [-0.3, -0.25) is 9.59 Å². The fourth-order valence-electron chi connectivity index (χ4n) is 3.38. The van der Waals surface area contributed by atoms with E-state index in [9.17, 15) is 9.59 Å². The summed E-state index contributed by atoms with van der Waals surface area (Å²) in [6.45, 7) is 4.09. The molecule has 6 nitrogen and oxygen atoms in total. The predicted octanol–water partition coefficient (Wildman–Crippen LogP) is 3.36. The van der Waals surface area contributed by atoms with Crippen molar-refractivity contribution in [3.8, 4) is 5.75 Å². The molecule has 0 saturated carbocycles. The minimum Gasteiger partial charge on any atom is -0.482 e. The highest BCUT2D eigenvalue weighted by Gasteiger charge is 2.21. The van der Waals surface area contributed by atoms with Gasteiger partial charge < -0.3 is 10.1 Å². The Morgan fingerprint density at radius 2 is 2.22 bits per heavy atom. The maximum Gasteiger partial charge on any atom is 0.281 e. The zero-order chi connectivity index (χ0) is 19.0. The molecule has 0 saturated heterocycles. The first-order valence-corrected chi connectivity index (χ1v) is 9.84. The first-order valence-electron chi connectivity index (χ1n) is 9.03. The average molecular weight is 383 g/mol. The van der Waals surface area contributed by atoms with Gasteiger partial charge in [-0.05, 0) is 67.5 Å². The number of hydrazone groups is 1. The molecular weight excluding hydrogens is 362 g/mol. The molecule has 0 bridgehead atoms. The van der Waals surface area contributed by atoms with Gasteiger partial charge in [0.2, 0.25) is 0 Å². The summed E-state index contributed by atoms with van der Waals surface area (Å²) < 4.78 is 5.35. The highest BCUT2D eigenvalue weighted by molar-refractivity contribution is 7.14. The maximum atomic E-state index is 12.5. The van der Waals surface area contributed by atoms with Crippen molar-refractivity contribution >= 4 is 34.6 Å². The second kappa shape index (κ2) is 7.15. The van der Waals surface area contributed by atoms with Crippen LogP contribution in [0, 0.1) is 5.92 Å². The molecule has 1 aromatic heterocycles. The molecule has 0 radical (unpaired) electrons. The van der Waals surface area contributed by atoms with Gasteiger partial charge in [-0.15, -0.1) is 11.3 Å². The van der Waals surface area contributed by atoms with Crippen LogP contribution >= 0.6 is 11.3 Å². The molecule has 1 aliphatic heterocycles. The van der Waals surface area contributed by atoms with Crippen molar-refractivity contribution in [1.82, 2.24) is 5.43 Å². The van der Waals surface area contributed by atoms with Gasteiger partial charge in [0, 0.05) is 4.88 Å². The number of carbonyl (C=O) groups excluding carboxylic acids is 2. The molecular formula is C20H21N3O3S. The van der Waals surface area contributed by atoms with Crippen molar-refractivity contribution in [2.75, 3.05) is 11.9 Å². The van der Waals surface area contributed by atoms with Gasteiger partial charge in [0.1, 0.15) is 5.75 Å². The van der Waals surface area contributed by atoms with Crippen LogP contribution in [0.1, 0.15) is 45.9 Å². The lowest BCUT2D eigenvalue weighted by molar-refractivity contribution is -0.118. The van der Waals surface area contributed by atoms with Crippen molar-refractivity contribution in [3.05, 3.63) is 45.1 Å². The second-order valence-electron chi connectivity index (χ2n) is 7.09. The average Bonchev–Trinajstić information content (AvgIpc) is 3.08. The van der Waals surface area contributed by atoms with E-state index in [1.165, 1.54) is 16.9 Å². The van der Waals surface area contributed by atoms with Crippen molar-refractivity contribution in [2.45, 2.75) is 33.1 Å². The third-order valence-corrected chi connectivity index (χ3v) is 6.14. The molecule has 0 fully saturated rings. The van der Waals surface area contributed by atoms with Crippen LogP contribution in [0.5, 0.6) is 5.75 Å². The highest BCUT2D eigenvalue weighted by atomic mass is 32.1. The summed E-state index contributed by atoms with van der Waals surface area (Å²) >= 11 is 1.57. The molecule has 2 heterocycles. The number of aryl methyl sites for hydroxylation is 1. The molecule has 27 heavy (non-hydrogen) atoms. The molecule has 140 valence electrons. The number of ether oxygens (including phenoxy) is 1. The van der Waals surface area contributed by atoms with Crippen LogP contribution < -0.4 is 15.5 Å². The summed E-state index contributed by atoms with van der Waals surface area (Å²) in [5, 5.41) is 7.00. The summed E-state index contributed by atoms with van der Waals surface area (Å²) in [7, 11) is 0. The van der Waals surface area contributed by atoms with Crippen LogP contribution in [0.15, 0.2) is 29.4 Å². The lowest BCUT2D eigenvalue weighted by Gasteiger charge is -2.18. The normalized spacial score (nSPS) is 18.8. The van der Waals surface area contributed by atoms with Crippen molar-refractivity contribution in [2.24, 2.45) is 11.0 Å². The Kier molecular flexibility index (Phi) is 4.70. The first kappa shape index (κ1) is 17.7. The van der Waals surface area contributed by atoms with Crippen LogP contribution in [-0.2, 0) is 17.6 Å². The van der Waals surface area contributed by atoms with Gasteiger partial charge in [0.25, 0.3) is 11.8 Å². The van der Waals surface area contributed by atoms with Gasteiger partial charge in [-0.2, -0.15) is 5.10 Å². The molecule has 0 unspecified atom stereocenters. The van der Waals surface area contributed by atoms with Crippen LogP contribution in [0.2, 0.25) is 0 Å². The minimum atomic E-state index is -0.184. The van der Waals surface area contributed by atoms with Crippen LogP contribution in [0.25, 0.3) is 0 Å². The van der Waals surface area contributed by atoms with E-state index in [4.69, 9.17) is 4.74 Å². The maximum absolute atomic E-state index is 12.5. The zero-order valence-corrected chi connectivity index (χ0v) is 16.1. The number of carbonyl (C=O) groups is 2. The number of anilines is 1. The van der Waals surface area contributed by atoms with Crippen LogP contribution in [0.4, 0.5) is 5.69 Å². The fourth-order valence-corrected chi connectivity index (χ4v) is 4.48. The lowest BCUT2D eigenvalue weighted by atomic mass is 9.90. The van der Waals surface area contributed by atoms with E-state index < -0.39 is 0 Å².